The maximum Gasteiger partial charge on any atom is 0.257 e. The van der Waals surface area contributed by atoms with Gasteiger partial charge in [0.05, 0.1) is 10.6 Å². The van der Waals surface area contributed by atoms with Crippen molar-refractivity contribution in [2.45, 2.75) is 38.0 Å². The van der Waals surface area contributed by atoms with Crippen LogP contribution in [-0.4, -0.2) is 36.7 Å². The van der Waals surface area contributed by atoms with Crippen LogP contribution in [0.25, 0.3) is 11.3 Å². The lowest BCUT2D eigenvalue weighted by molar-refractivity contribution is 0.102. The lowest BCUT2D eigenvalue weighted by Crippen LogP contribution is -2.42. The average Bonchev–Trinajstić information content (AvgIpc) is 3.21. The van der Waals surface area contributed by atoms with E-state index in [1.54, 1.807) is 16.4 Å². The number of carbonyl (C=O) groups is 1. The highest BCUT2D eigenvalue weighted by atomic mass is 32.2. The van der Waals surface area contributed by atoms with Crippen LogP contribution >= 0.6 is 11.3 Å². The van der Waals surface area contributed by atoms with E-state index < -0.39 is 10.0 Å². The average molecular weight is 482 g/mol. The number of fused-ring (bicyclic) bond motifs is 3. The van der Waals surface area contributed by atoms with Crippen LogP contribution in [0, 0.1) is 11.8 Å². The summed E-state index contributed by atoms with van der Waals surface area (Å²) in [5.74, 6) is 0.382. The molecule has 5 rings (SSSR count). The minimum absolute atomic E-state index is 0.224. The molecule has 1 saturated heterocycles. The van der Waals surface area contributed by atoms with Crippen molar-refractivity contribution in [1.29, 1.82) is 0 Å². The summed E-state index contributed by atoms with van der Waals surface area (Å²) in [6.07, 6.45) is 2.93. The third-order valence-corrected chi connectivity index (χ3v) is 9.28. The number of rotatable bonds is 4. The lowest BCUT2D eigenvalue weighted by Gasteiger charge is -2.34. The van der Waals surface area contributed by atoms with Gasteiger partial charge >= 0.3 is 0 Å². The lowest BCUT2D eigenvalue weighted by atomic mass is 9.94. The summed E-state index contributed by atoms with van der Waals surface area (Å²) in [4.78, 5) is 18.9. The Morgan fingerprint density at radius 1 is 1.03 bits per heavy atom. The first-order valence-electron chi connectivity index (χ1n) is 11.3. The van der Waals surface area contributed by atoms with Gasteiger partial charge in [0.2, 0.25) is 10.0 Å². The van der Waals surface area contributed by atoms with E-state index in [0.717, 1.165) is 30.5 Å². The number of nitrogens with one attached hydrogen (secondary N) is 1. The monoisotopic (exact) mass is 481 g/mol. The van der Waals surface area contributed by atoms with E-state index in [-0.39, 0.29) is 10.8 Å². The molecule has 33 heavy (non-hydrogen) atoms. The van der Waals surface area contributed by atoms with E-state index >= 15 is 0 Å². The first-order valence-corrected chi connectivity index (χ1v) is 13.6. The van der Waals surface area contributed by atoms with Crippen LogP contribution in [0.15, 0.2) is 53.4 Å². The standard InChI is InChI=1S/C25H27N3O3S2/c1-16-13-17(2)15-28(14-16)33(30,31)20-10-7-19(8-11-20)24(29)27-25-26-23-21-6-4-3-5-18(21)9-12-22(23)32-25/h3-8,10-11,16-17H,9,12-15H2,1-2H3,(H,26,27,29)/t16-,17+. The van der Waals surface area contributed by atoms with Crippen LogP contribution in [0.3, 0.4) is 0 Å². The number of hydrogen-bond acceptors (Lipinski definition) is 5. The fourth-order valence-corrected chi connectivity index (χ4v) is 7.55. The second-order valence-electron chi connectivity index (χ2n) is 9.19. The van der Waals surface area contributed by atoms with Gasteiger partial charge in [-0.1, -0.05) is 38.1 Å². The van der Waals surface area contributed by atoms with E-state index in [1.165, 1.54) is 33.9 Å². The van der Waals surface area contributed by atoms with Crippen molar-refractivity contribution >= 4 is 32.4 Å². The number of aryl methyl sites for hydroxylation is 2. The van der Waals surface area contributed by atoms with Crippen LogP contribution in [0.1, 0.15) is 41.1 Å². The van der Waals surface area contributed by atoms with E-state index in [4.69, 9.17) is 0 Å². The molecule has 2 aromatic carbocycles. The first kappa shape index (κ1) is 22.3. The van der Waals surface area contributed by atoms with Gasteiger partial charge in [-0.3, -0.25) is 10.1 Å². The maximum absolute atomic E-state index is 13.1. The van der Waals surface area contributed by atoms with Crippen LogP contribution in [0.2, 0.25) is 0 Å². The molecule has 0 saturated carbocycles. The molecule has 2 atom stereocenters. The molecule has 1 aromatic heterocycles. The molecule has 1 N–H and O–H groups in total. The predicted molar refractivity (Wildman–Crippen MR) is 131 cm³/mol. The Labute approximate surface area is 198 Å². The summed E-state index contributed by atoms with van der Waals surface area (Å²) in [5, 5.41) is 3.45. The van der Waals surface area contributed by atoms with Gasteiger partial charge in [-0.2, -0.15) is 4.31 Å². The molecule has 8 heteroatoms. The number of benzene rings is 2. The molecule has 1 aliphatic carbocycles. The SMILES string of the molecule is C[C@@H]1C[C@H](C)CN(S(=O)(=O)c2ccc(C(=O)Nc3nc4c(s3)CCc3ccccc3-4)cc2)C1. The Morgan fingerprint density at radius 2 is 1.73 bits per heavy atom. The van der Waals surface area contributed by atoms with Gasteiger partial charge in [0.25, 0.3) is 5.91 Å². The Balaban J connectivity index is 1.32. The van der Waals surface area contributed by atoms with E-state index in [1.807, 2.05) is 12.1 Å². The Bertz CT molecular complexity index is 1290. The topological polar surface area (TPSA) is 79.4 Å². The van der Waals surface area contributed by atoms with Gasteiger partial charge in [-0.05, 0) is 60.9 Å². The number of aromatic nitrogens is 1. The fourth-order valence-electron chi connectivity index (χ4n) is 4.90. The molecule has 0 bridgehead atoms. The van der Waals surface area contributed by atoms with Gasteiger partial charge in [0.15, 0.2) is 5.13 Å². The summed E-state index contributed by atoms with van der Waals surface area (Å²) in [5.41, 5.74) is 3.76. The van der Waals surface area contributed by atoms with Crippen molar-refractivity contribution in [3.63, 3.8) is 0 Å². The van der Waals surface area contributed by atoms with E-state index in [2.05, 4.69) is 36.3 Å². The zero-order valence-electron chi connectivity index (χ0n) is 18.7. The number of piperidine rings is 1. The third kappa shape index (κ3) is 4.35. The minimum atomic E-state index is -3.57. The first-order chi connectivity index (χ1) is 15.8. The molecular formula is C25H27N3O3S2. The van der Waals surface area contributed by atoms with Crippen molar-refractivity contribution in [2.75, 3.05) is 18.4 Å². The maximum atomic E-state index is 13.1. The van der Waals surface area contributed by atoms with Crippen molar-refractivity contribution < 1.29 is 13.2 Å². The highest BCUT2D eigenvalue weighted by Gasteiger charge is 2.31. The number of nitrogens with zero attached hydrogens (tertiary/aromatic N) is 2. The molecule has 0 radical (unpaired) electrons. The summed E-state index contributed by atoms with van der Waals surface area (Å²) >= 11 is 1.50. The molecule has 2 aliphatic rings. The molecular weight excluding hydrogens is 454 g/mol. The molecule has 6 nitrogen and oxygen atoms in total. The number of amides is 1. The molecule has 172 valence electrons. The summed E-state index contributed by atoms with van der Waals surface area (Å²) < 4.78 is 27.7. The Morgan fingerprint density at radius 3 is 2.45 bits per heavy atom. The molecule has 2 heterocycles. The van der Waals surface area contributed by atoms with Crippen LogP contribution in [0.5, 0.6) is 0 Å². The summed E-state index contributed by atoms with van der Waals surface area (Å²) in [6.45, 7) is 5.24. The van der Waals surface area contributed by atoms with Crippen LogP contribution in [-0.2, 0) is 22.9 Å². The minimum Gasteiger partial charge on any atom is -0.298 e. The van der Waals surface area contributed by atoms with Crippen LogP contribution < -0.4 is 5.32 Å². The predicted octanol–water partition coefficient (Wildman–Crippen LogP) is 4.83. The van der Waals surface area contributed by atoms with E-state index in [0.29, 0.717) is 35.6 Å². The molecule has 1 amide bonds. The molecule has 1 aliphatic heterocycles. The normalized spacial score (nSPS) is 20.7. The Hall–Kier alpha value is -2.55. The smallest absolute Gasteiger partial charge is 0.257 e. The quantitative estimate of drug-likeness (QED) is 0.579. The number of carbonyl (C=O) groups excluding carboxylic acids is 1. The van der Waals surface area contributed by atoms with Gasteiger partial charge in [-0.15, -0.1) is 11.3 Å². The van der Waals surface area contributed by atoms with Gasteiger partial charge in [-0.25, -0.2) is 13.4 Å². The van der Waals surface area contributed by atoms with Gasteiger partial charge in [0, 0.05) is 29.1 Å². The second kappa shape index (κ2) is 8.66. The van der Waals surface area contributed by atoms with E-state index in [9.17, 15) is 13.2 Å². The van der Waals surface area contributed by atoms with Gasteiger partial charge in [0.1, 0.15) is 0 Å². The molecule has 0 spiro atoms. The highest BCUT2D eigenvalue weighted by Crippen LogP contribution is 2.38. The molecule has 1 fully saturated rings. The van der Waals surface area contributed by atoms with Gasteiger partial charge < -0.3 is 0 Å². The zero-order chi connectivity index (χ0) is 23.2. The van der Waals surface area contributed by atoms with Crippen molar-refractivity contribution in [3.8, 4) is 11.3 Å². The number of hydrogen-bond donors (Lipinski definition) is 1. The highest BCUT2D eigenvalue weighted by molar-refractivity contribution is 7.89. The molecule has 3 aromatic rings. The zero-order valence-corrected chi connectivity index (χ0v) is 20.4. The number of thiazole rings is 1. The molecule has 0 unspecified atom stereocenters. The largest absolute Gasteiger partial charge is 0.298 e. The Kier molecular flexibility index (Phi) is 5.84. The van der Waals surface area contributed by atoms with Crippen molar-refractivity contribution in [1.82, 2.24) is 9.29 Å². The number of sulfonamides is 1. The summed E-state index contributed by atoms with van der Waals surface area (Å²) in [7, 11) is -3.57. The summed E-state index contributed by atoms with van der Waals surface area (Å²) in [6, 6.07) is 14.4. The third-order valence-electron chi connectivity index (χ3n) is 6.40. The van der Waals surface area contributed by atoms with Crippen molar-refractivity contribution in [3.05, 3.63) is 64.5 Å². The van der Waals surface area contributed by atoms with Crippen molar-refractivity contribution in [2.24, 2.45) is 11.8 Å². The second-order valence-corrected chi connectivity index (χ2v) is 12.2. The fraction of sp³-hybridized carbons (Fsp3) is 0.360. The van der Waals surface area contributed by atoms with Crippen LogP contribution in [0.4, 0.5) is 5.13 Å². The number of anilines is 1.